The number of hydrogen-bond donors (Lipinski definition) is 2. The third-order valence-electron chi connectivity index (χ3n) is 5.11. The smallest absolute Gasteiger partial charge is 0.0940 e. The van der Waals surface area contributed by atoms with Crippen LogP contribution in [0.25, 0.3) is 0 Å². The highest BCUT2D eigenvalue weighted by molar-refractivity contribution is 5.85. The van der Waals surface area contributed by atoms with Crippen LogP contribution in [0.1, 0.15) is 103 Å². The van der Waals surface area contributed by atoms with Gasteiger partial charge >= 0.3 is 0 Å². The monoisotopic (exact) mass is 383 g/mol. The average molecular weight is 384 g/mol. The molecule has 0 aromatic heterocycles. The van der Waals surface area contributed by atoms with Crippen LogP contribution >= 0.6 is 12.4 Å². The number of hydrogen-bond acceptors (Lipinski definition) is 2. The zero-order valence-electron chi connectivity index (χ0n) is 17.1. The molecule has 0 amide bonds. The standard InChI is InChI=1S/C23H41NO.ClH/c1-3-4-5-6-7-8-9-10-11-12-13-17-20-24-21(2)23(25)22-18-15-14-16-19-22;/h14-16,18-19,21,23-25H,3-13,17,20H2,1-2H3;1H/t21-,23-;/m1./s1. The van der Waals surface area contributed by atoms with E-state index < -0.39 is 6.10 Å². The van der Waals surface area contributed by atoms with Gasteiger partial charge < -0.3 is 10.4 Å². The lowest BCUT2D eigenvalue weighted by Gasteiger charge is -2.20. The molecule has 2 N–H and O–H groups in total. The minimum Gasteiger partial charge on any atom is -0.387 e. The van der Waals surface area contributed by atoms with Gasteiger partial charge in [-0.25, -0.2) is 0 Å². The minimum absolute atomic E-state index is 0. The van der Waals surface area contributed by atoms with Gasteiger partial charge in [-0.05, 0) is 25.5 Å². The summed E-state index contributed by atoms with van der Waals surface area (Å²) in [4.78, 5) is 0. The van der Waals surface area contributed by atoms with Gasteiger partial charge in [-0.3, -0.25) is 0 Å². The second kappa shape index (κ2) is 17.8. The van der Waals surface area contributed by atoms with Crippen molar-refractivity contribution in [2.75, 3.05) is 6.54 Å². The van der Waals surface area contributed by atoms with Crippen LogP contribution in [0.4, 0.5) is 0 Å². The van der Waals surface area contributed by atoms with E-state index in [0.29, 0.717) is 0 Å². The fraction of sp³-hybridized carbons (Fsp3) is 0.739. The molecule has 0 saturated heterocycles. The van der Waals surface area contributed by atoms with Crippen molar-refractivity contribution in [2.45, 2.75) is 103 Å². The van der Waals surface area contributed by atoms with Gasteiger partial charge in [0.1, 0.15) is 0 Å². The molecule has 0 saturated carbocycles. The molecule has 0 aliphatic carbocycles. The predicted octanol–water partition coefficient (Wildman–Crippen LogP) is 6.82. The van der Waals surface area contributed by atoms with E-state index in [4.69, 9.17) is 0 Å². The Morgan fingerprint density at radius 3 is 1.73 bits per heavy atom. The molecule has 0 bridgehead atoms. The first-order valence-corrected chi connectivity index (χ1v) is 10.7. The summed E-state index contributed by atoms with van der Waals surface area (Å²) >= 11 is 0. The van der Waals surface area contributed by atoms with E-state index >= 15 is 0 Å². The van der Waals surface area contributed by atoms with Crippen LogP contribution in [0.5, 0.6) is 0 Å². The van der Waals surface area contributed by atoms with E-state index in [9.17, 15) is 5.11 Å². The molecule has 26 heavy (non-hydrogen) atoms. The maximum Gasteiger partial charge on any atom is 0.0940 e. The van der Waals surface area contributed by atoms with Crippen LogP contribution in [0.15, 0.2) is 30.3 Å². The normalized spacial score (nSPS) is 13.2. The van der Waals surface area contributed by atoms with Gasteiger partial charge in [-0.15, -0.1) is 12.4 Å². The second-order valence-corrected chi connectivity index (χ2v) is 7.49. The molecular weight excluding hydrogens is 342 g/mol. The second-order valence-electron chi connectivity index (χ2n) is 7.49. The van der Waals surface area contributed by atoms with Crippen molar-refractivity contribution in [1.82, 2.24) is 5.32 Å². The Kier molecular flexibility index (Phi) is 17.4. The Bertz CT molecular complexity index is 398. The Morgan fingerprint density at radius 1 is 0.769 bits per heavy atom. The number of nitrogens with one attached hydrogen (secondary N) is 1. The SMILES string of the molecule is CCCCCCCCCCCCCCN[C@H](C)[C@@H](O)c1ccccc1.Cl. The van der Waals surface area contributed by atoms with E-state index in [0.717, 1.165) is 12.1 Å². The van der Waals surface area contributed by atoms with Gasteiger partial charge in [0.05, 0.1) is 6.10 Å². The van der Waals surface area contributed by atoms with E-state index in [-0.39, 0.29) is 18.4 Å². The third kappa shape index (κ3) is 12.7. The molecule has 1 aromatic rings. The van der Waals surface area contributed by atoms with Crippen LogP contribution in [0, 0.1) is 0 Å². The topological polar surface area (TPSA) is 32.3 Å². The van der Waals surface area contributed by atoms with E-state index in [1.54, 1.807) is 0 Å². The fourth-order valence-electron chi connectivity index (χ4n) is 3.35. The largest absolute Gasteiger partial charge is 0.387 e. The predicted molar refractivity (Wildman–Crippen MR) is 117 cm³/mol. The van der Waals surface area contributed by atoms with Crippen LogP contribution in [-0.4, -0.2) is 17.7 Å². The minimum atomic E-state index is -0.418. The Hall–Kier alpha value is -0.570. The number of rotatable bonds is 16. The van der Waals surface area contributed by atoms with E-state index in [2.05, 4.69) is 19.2 Å². The van der Waals surface area contributed by atoms with Gasteiger partial charge in [-0.2, -0.15) is 0 Å². The first kappa shape index (κ1) is 25.4. The highest BCUT2D eigenvalue weighted by atomic mass is 35.5. The van der Waals surface area contributed by atoms with Gasteiger partial charge in [0.15, 0.2) is 0 Å². The summed E-state index contributed by atoms with van der Waals surface area (Å²) in [5.41, 5.74) is 0.997. The summed E-state index contributed by atoms with van der Waals surface area (Å²) in [5.74, 6) is 0. The lowest BCUT2D eigenvalue weighted by Crippen LogP contribution is -2.32. The lowest BCUT2D eigenvalue weighted by molar-refractivity contribution is 0.136. The third-order valence-corrected chi connectivity index (χ3v) is 5.11. The molecule has 1 aromatic carbocycles. The van der Waals surface area contributed by atoms with Crippen molar-refractivity contribution >= 4 is 12.4 Å². The van der Waals surface area contributed by atoms with Crippen LogP contribution in [0.3, 0.4) is 0 Å². The molecule has 0 aliphatic rings. The highest BCUT2D eigenvalue weighted by Gasteiger charge is 2.14. The van der Waals surface area contributed by atoms with Crippen LogP contribution in [0.2, 0.25) is 0 Å². The quantitative estimate of drug-likeness (QED) is 0.307. The summed E-state index contributed by atoms with van der Waals surface area (Å²) in [7, 11) is 0. The lowest BCUT2D eigenvalue weighted by atomic mass is 10.0. The van der Waals surface area contributed by atoms with Crippen molar-refractivity contribution in [3.63, 3.8) is 0 Å². The molecule has 0 aliphatic heterocycles. The zero-order valence-corrected chi connectivity index (χ0v) is 17.9. The first-order chi connectivity index (χ1) is 12.3. The maximum absolute atomic E-state index is 10.3. The number of halogens is 1. The van der Waals surface area contributed by atoms with Gasteiger partial charge in [-0.1, -0.05) is 108 Å². The zero-order chi connectivity index (χ0) is 18.2. The summed E-state index contributed by atoms with van der Waals surface area (Å²) in [6, 6.07) is 10.0. The van der Waals surface area contributed by atoms with Crippen molar-refractivity contribution in [3.8, 4) is 0 Å². The summed E-state index contributed by atoms with van der Waals surface area (Å²) in [6.07, 6.45) is 16.2. The van der Waals surface area contributed by atoms with E-state index in [1.165, 1.54) is 77.0 Å². The Morgan fingerprint density at radius 2 is 1.23 bits per heavy atom. The van der Waals surface area contributed by atoms with Crippen molar-refractivity contribution in [1.29, 1.82) is 0 Å². The summed E-state index contributed by atoms with van der Waals surface area (Å²) < 4.78 is 0. The highest BCUT2D eigenvalue weighted by Crippen LogP contribution is 2.16. The van der Waals surface area contributed by atoms with Crippen LogP contribution < -0.4 is 5.32 Å². The molecule has 2 nitrogen and oxygen atoms in total. The van der Waals surface area contributed by atoms with Gasteiger partial charge in [0, 0.05) is 6.04 Å². The summed E-state index contributed by atoms with van der Waals surface area (Å²) in [5, 5.41) is 13.8. The van der Waals surface area contributed by atoms with Gasteiger partial charge in [0.25, 0.3) is 0 Å². The molecule has 3 heteroatoms. The maximum atomic E-state index is 10.3. The molecule has 152 valence electrons. The molecular formula is C23H42ClNO. The fourth-order valence-corrected chi connectivity index (χ4v) is 3.35. The molecule has 0 spiro atoms. The van der Waals surface area contributed by atoms with E-state index in [1.807, 2.05) is 30.3 Å². The molecule has 0 fully saturated rings. The van der Waals surface area contributed by atoms with Gasteiger partial charge in [0.2, 0.25) is 0 Å². The Labute approximate surface area is 168 Å². The molecule has 0 radical (unpaired) electrons. The molecule has 0 heterocycles. The number of benzene rings is 1. The number of unbranched alkanes of at least 4 members (excludes halogenated alkanes) is 11. The molecule has 1 rings (SSSR count). The average Bonchev–Trinajstić information content (AvgIpc) is 2.65. The Balaban J connectivity index is 0.00000625. The van der Waals surface area contributed by atoms with Crippen molar-refractivity contribution in [2.24, 2.45) is 0 Å². The molecule has 0 unspecified atom stereocenters. The number of aliphatic hydroxyl groups excluding tert-OH is 1. The number of aliphatic hydroxyl groups is 1. The van der Waals surface area contributed by atoms with Crippen molar-refractivity contribution < 1.29 is 5.11 Å². The van der Waals surface area contributed by atoms with Crippen molar-refractivity contribution in [3.05, 3.63) is 35.9 Å². The first-order valence-electron chi connectivity index (χ1n) is 10.7. The van der Waals surface area contributed by atoms with Crippen LogP contribution in [-0.2, 0) is 0 Å². The molecule has 2 atom stereocenters. The summed E-state index contributed by atoms with van der Waals surface area (Å²) in [6.45, 7) is 5.35.